The lowest BCUT2D eigenvalue weighted by Crippen LogP contribution is -2.36. The van der Waals surface area contributed by atoms with Crippen molar-refractivity contribution in [3.63, 3.8) is 0 Å². The van der Waals surface area contributed by atoms with Gasteiger partial charge in [0.05, 0.1) is 27.4 Å². The first-order valence-electron chi connectivity index (χ1n) is 3.71. The summed E-state index contributed by atoms with van der Waals surface area (Å²) < 4.78 is 2.49. The van der Waals surface area contributed by atoms with E-state index in [-0.39, 0.29) is 0 Å². The third-order valence-electron chi connectivity index (χ3n) is 1.87. The normalized spacial score (nSPS) is 14.4. The van der Waals surface area contributed by atoms with Crippen LogP contribution in [0, 0.1) is 0 Å². The fourth-order valence-corrected chi connectivity index (χ4v) is 2.70. The maximum atomic E-state index is 2.49. The molecule has 0 saturated heterocycles. The summed E-state index contributed by atoms with van der Waals surface area (Å²) in [5, 5.41) is 0. The highest BCUT2D eigenvalue weighted by Crippen LogP contribution is 2.52. The molecular weight excluding hydrogens is 141 g/mol. The first-order valence-corrected chi connectivity index (χ1v) is 6.80. The SMILES string of the molecule is CN(C(C)(C)C)[P+](C)(C)C. The van der Waals surface area contributed by atoms with Crippen molar-refractivity contribution in [2.75, 3.05) is 27.0 Å². The van der Waals surface area contributed by atoms with Gasteiger partial charge in [-0.1, -0.05) is 0 Å². The maximum Gasteiger partial charge on any atom is 0.0744 e. The molecule has 0 saturated carbocycles. The fraction of sp³-hybridized carbons (Fsp3) is 1.00. The molecule has 62 valence electrons. The third kappa shape index (κ3) is 2.98. The van der Waals surface area contributed by atoms with E-state index in [0.29, 0.717) is 5.54 Å². The van der Waals surface area contributed by atoms with Gasteiger partial charge < -0.3 is 0 Å². The Labute approximate surface area is 66.2 Å². The fourth-order valence-electron chi connectivity index (χ4n) is 0.900. The highest BCUT2D eigenvalue weighted by Gasteiger charge is 2.33. The van der Waals surface area contributed by atoms with Crippen molar-refractivity contribution >= 4 is 7.41 Å². The van der Waals surface area contributed by atoms with Crippen molar-refractivity contribution in [3.8, 4) is 0 Å². The molecule has 2 heteroatoms. The molecule has 0 fully saturated rings. The van der Waals surface area contributed by atoms with Crippen LogP contribution < -0.4 is 0 Å². The molecule has 0 spiro atoms. The lowest BCUT2D eigenvalue weighted by Gasteiger charge is -2.35. The van der Waals surface area contributed by atoms with E-state index < -0.39 is 7.41 Å². The Morgan fingerprint density at radius 2 is 1.30 bits per heavy atom. The molecule has 0 heterocycles. The second kappa shape index (κ2) is 2.79. The Balaban J connectivity index is 4.23. The van der Waals surface area contributed by atoms with Gasteiger partial charge in [-0.05, 0) is 20.8 Å². The van der Waals surface area contributed by atoms with E-state index in [4.69, 9.17) is 0 Å². The first-order chi connectivity index (χ1) is 4.15. The summed E-state index contributed by atoms with van der Waals surface area (Å²) in [5.74, 6) is 0. The lowest BCUT2D eigenvalue weighted by atomic mass is 10.1. The molecule has 0 atom stereocenters. The highest BCUT2D eigenvalue weighted by molar-refractivity contribution is 7.71. The summed E-state index contributed by atoms with van der Waals surface area (Å²) in [6.45, 7) is 13.8. The Hall–Kier alpha value is 0.390. The van der Waals surface area contributed by atoms with E-state index in [1.165, 1.54) is 0 Å². The molecule has 10 heavy (non-hydrogen) atoms. The number of hydrogen-bond acceptors (Lipinski definition) is 1. The molecule has 0 N–H and O–H groups in total. The van der Waals surface area contributed by atoms with E-state index in [9.17, 15) is 0 Å². The van der Waals surface area contributed by atoms with E-state index in [1.807, 2.05) is 0 Å². The van der Waals surface area contributed by atoms with Gasteiger partial charge in [-0.3, -0.25) is 0 Å². The molecule has 0 aromatic rings. The molecule has 0 amide bonds. The first kappa shape index (κ1) is 10.4. The average Bonchev–Trinajstić information content (AvgIpc) is 1.59. The summed E-state index contributed by atoms with van der Waals surface area (Å²) in [5.41, 5.74) is 0.325. The summed E-state index contributed by atoms with van der Waals surface area (Å²) in [6, 6.07) is 0. The van der Waals surface area contributed by atoms with Gasteiger partial charge in [0, 0.05) is 12.6 Å². The molecule has 1 nitrogen and oxygen atoms in total. The van der Waals surface area contributed by atoms with Gasteiger partial charge >= 0.3 is 0 Å². The lowest BCUT2D eigenvalue weighted by molar-refractivity contribution is 0.306. The smallest absolute Gasteiger partial charge is 0.0744 e. The van der Waals surface area contributed by atoms with Crippen molar-refractivity contribution in [1.82, 2.24) is 4.67 Å². The highest BCUT2D eigenvalue weighted by atomic mass is 31.2. The van der Waals surface area contributed by atoms with Gasteiger partial charge in [0.2, 0.25) is 0 Å². The Kier molecular flexibility index (Phi) is 2.90. The number of rotatable bonds is 1. The third-order valence-corrected chi connectivity index (χ3v) is 4.27. The van der Waals surface area contributed by atoms with Crippen molar-refractivity contribution in [3.05, 3.63) is 0 Å². The van der Waals surface area contributed by atoms with E-state index in [1.54, 1.807) is 0 Å². The molecule has 0 aliphatic rings. The van der Waals surface area contributed by atoms with Crippen LogP contribution in [0.3, 0.4) is 0 Å². The summed E-state index contributed by atoms with van der Waals surface area (Å²) in [6.07, 6.45) is 0. The monoisotopic (exact) mass is 162 g/mol. The van der Waals surface area contributed by atoms with Gasteiger partial charge in [-0.15, -0.1) is 0 Å². The van der Waals surface area contributed by atoms with Crippen LogP contribution in [0.15, 0.2) is 0 Å². The van der Waals surface area contributed by atoms with Crippen molar-refractivity contribution < 1.29 is 0 Å². The van der Waals surface area contributed by atoms with Gasteiger partial charge in [-0.25, -0.2) is 0 Å². The van der Waals surface area contributed by atoms with E-state index >= 15 is 0 Å². The molecule has 0 aliphatic heterocycles. The Morgan fingerprint density at radius 1 is 1.00 bits per heavy atom. The van der Waals surface area contributed by atoms with Gasteiger partial charge in [0.1, 0.15) is 0 Å². The van der Waals surface area contributed by atoms with Crippen LogP contribution in [-0.2, 0) is 0 Å². The molecule has 0 unspecified atom stereocenters. The second-order valence-electron chi connectivity index (χ2n) is 4.64. The topological polar surface area (TPSA) is 3.24 Å². The zero-order chi connectivity index (χ0) is 8.58. The van der Waals surface area contributed by atoms with Crippen LogP contribution in [0.5, 0.6) is 0 Å². The Bertz CT molecular complexity index is 93.4. The van der Waals surface area contributed by atoms with Gasteiger partial charge in [-0.2, -0.15) is 4.67 Å². The Morgan fingerprint density at radius 3 is 1.30 bits per heavy atom. The molecule has 0 radical (unpaired) electrons. The van der Waals surface area contributed by atoms with Crippen molar-refractivity contribution in [2.24, 2.45) is 0 Å². The molecule has 0 aromatic heterocycles. The standard InChI is InChI=1S/C8H21NP/c1-8(2,3)9(4)10(5,6)7/h1-7H3/q+1. The van der Waals surface area contributed by atoms with Crippen molar-refractivity contribution in [1.29, 1.82) is 0 Å². The second-order valence-corrected chi connectivity index (χ2v) is 9.12. The van der Waals surface area contributed by atoms with Crippen LogP contribution >= 0.6 is 7.41 Å². The minimum Gasteiger partial charge on any atom is -0.179 e. The largest absolute Gasteiger partial charge is 0.179 e. The molecule has 0 aliphatic carbocycles. The van der Waals surface area contributed by atoms with Crippen LogP contribution in [0.4, 0.5) is 0 Å². The zero-order valence-corrected chi connectivity index (χ0v) is 9.29. The summed E-state index contributed by atoms with van der Waals surface area (Å²) in [7, 11) is 1.42. The van der Waals surface area contributed by atoms with Crippen LogP contribution in [0.2, 0.25) is 0 Å². The average molecular weight is 162 g/mol. The predicted molar refractivity (Wildman–Crippen MR) is 52.2 cm³/mol. The molecular formula is C8H21NP+. The molecule has 0 rings (SSSR count). The van der Waals surface area contributed by atoms with E-state index in [0.717, 1.165) is 0 Å². The van der Waals surface area contributed by atoms with Crippen LogP contribution in [-0.4, -0.2) is 37.3 Å². The van der Waals surface area contributed by atoms with Crippen LogP contribution in [0.25, 0.3) is 0 Å². The minimum atomic E-state index is -0.795. The summed E-state index contributed by atoms with van der Waals surface area (Å²) in [4.78, 5) is 0. The van der Waals surface area contributed by atoms with Gasteiger partial charge in [0.15, 0.2) is 0 Å². The quantitative estimate of drug-likeness (QED) is 0.535. The van der Waals surface area contributed by atoms with E-state index in [2.05, 4.69) is 52.5 Å². The van der Waals surface area contributed by atoms with Crippen molar-refractivity contribution in [2.45, 2.75) is 26.3 Å². The van der Waals surface area contributed by atoms with Gasteiger partial charge in [0.25, 0.3) is 0 Å². The van der Waals surface area contributed by atoms with Crippen LogP contribution in [0.1, 0.15) is 20.8 Å². The molecule has 0 aromatic carbocycles. The minimum absolute atomic E-state index is 0.325. The maximum absolute atomic E-state index is 2.49. The number of nitrogens with zero attached hydrogens (tertiary/aromatic N) is 1. The number of hydrogen-bond donors (Lipinski definition) is 0. The zero-order valence-electron chi connectivity index (χ0n) is 8.39. The summed E-state index contributed by atoms with van der Waals surface area (Å²) >= 11 is 0. The molecule has 0 bridgehead atoms. The predicted octanol–water partition coefficient (Wildman–Crippen LogP) is 2.54.